The fourth-order valence-electron chi connectivity index (χ4n) is 1.24. The number of carbonyl (C=O) groups excluding carboxylic acids is 1. The van der Waals surface area contributed by atoms with Gasteiger partial charge in [0.1, 0.15) is 11.3 Å². The lowest BCUT2D eigenvalue weighted by Gasteiger charge is -2.11. The van der Waals surface area contributed by atoms with Crippen LogP contribution in [0, 0.1) is 5.82 Å². The lowest BCUT2D eigenvalue weighted by atomic mass is 10.3. The summed E-state index contributed by atoms with van der Waals surface area (Å²) in [5, 5.41) is 9.92. The van der Waals surface area contributed by atoms with Crippen LogP contribution in [0.25, 0.3) is 0 Å². The molecule has 1 aromatic carbocycles. The number of anilines is 1. The zero-order valence-corrected chi connectivity index (χ0v) is 12.2. The van der Waals surface area contributed by atoms with Crippen LogP contribution in [-0.4, -0.2) is 21.4 Å². The molecule has 2 aromatic rings. The maximum atomic E-state index is 13.5. The number of halogens is 2. The maximum Gasteiger partial charge on any atom is 0.237 e. The molecular formula is C11H9ClFN3OS2. The smallest absolute Gasteiger partial charge is 0.237 e. The van der Waals surface area contributed by atoms with E-state index in [-0.39, 0.29) is 16.6 Å². The van der Waals surface area contributed by atoms with E-state index in [1.807, 2.05) is 0 Å². The Hall–Kier alpha value is -1.18. The number of thioether (sulfide) groups is 1. The lowest BCUT2D eigenvalue weighted by Crippen LogP contribution is -2.22. The third-order valence-electron chi connectivity index (χ3n) is 2.18. The van der Waals surface area contributed by atoms with Crippen LogP contribution in [0.2, 0.25) is 5.02 Å². The second-order valence-corrected chi connectivity index (χ2v) is 6.44. The first kappa shape index (κ1) is 14.2. The molecule has 1 unspecified atom stereocenters. The Morgan fingerprint density at radius 3 is 3.00 bits per heavy atom. The summed E-state index contributed by atoms with van der Waals surface area (Å²) in [7, 11) is 0. The molecule has 19 heavy (non-hydrogen) atoms. The molecule has 1 heterocycles. The highest BCUT2D eigenvalue weighted by atomic mass is 35.5. The fraction of sp³-hybridized carbons (Fsp3) is 0.182. The number of hydrogen-bond acceptors (Lipinski definition) is 5. The number of nitrogens with one attached hydrogen (secondary N) is 1. The highest BCUT2D eigenvalue weighted by Crippen LogP contribution is 2.26. The molecule has 0 bridgehead atoms. The van der Waals surface area contributed by atoms with Gasteiger partial charge in [-0.15, -0.1) is 10.2 Å². The van der Waals surface area contributed by atoms with Crippen molar-refractivity contribution in [3.05, 3.63) is 34.5 Å². The Bertz CT molecular complexity index is 579. The van der Waals surface area contributed by atoms with E-state index >= 15 is 0 Å². The van der Waals surface area contributed by atoms with Crippen molar-refractivity contribution in [3.8, 4) is 0 Å². The molecule has 0 saturated heterocycles. The van der Waals surface area contributed by atoms with Crippen LogP contribution < -0.4 is 5.32 Å². The quantitative estimate of drug-likeness (QED) is 0.878. The molecule has 1 amide bonds. The summed E-state index contributed by atoms with van der Waals surface area (Å²) in [6.45, 7) is 1.72. The molecule has 0 aliphatic heterocycles. The van der Waals surface area contributed by atoms with Gasteiger partial charge < -0.3 is 5.32 Å². The van der Waals surface area contributed by atoms with Crippen molar-refractivity contribution in [1.29, 1.82) is 0 Å². The van der Waals surface area contributed by atoms with Crippen LogP contribution in [0.15, 0.2) is 28.0 Å². The van der Waals surface area contributed by atoms with E-state index in [1.165, 1.54) is 35.2 Å². The first-order chi connectivity index (χ1) is 9.06. The maximum absolute atomic E-state index is 13.5. The number of rotatable bonds is 4. The molecule has 1 aromatic heterocycles. The van der Waals surface area contributed by atoms with E-state index in [4.69, 9.17) is 11.6 Å². The molecule has 2 rings (SSSR count). The zero-order chi connectivity index (χ0) is 13.8. The van der Waals surface area contributed by atoms with Gasteiger partial charge in [-0.1, -0.05) is 34.7 Å². The molecule has 1 N–H and O–H groups in total. The van der Waals surface area contributed by atoms with E-state index in [0.717, 1.165) is 6.07 Å². The molecule has 8 heteroatoms. The third kappa shape index (κ3) is 3.89. The highest BCUT2D eigenvalue weighted by Gasteiger charge is 2.17. The van der Waals surface area contributed by atoms with Gasteiger partial charge in [0.25, 0.3) is 0 Å². The minimum atomic E-state index is -0.561. The molecule has 0 spiro atoms. The van der Waals surface area contributed by atoms with E-state index in [0.29, 0.717) is 4.34 Å². The number of benzene rings is 1. The van der Waals surface area contributed by atoms with Gasteiger partial charge in [-0.3, -0.25) is 4.79 Å². The van der Waals surface area contributed by atoms with Crippen LogP contribution in [0.1, 0.15) is 6.92 Å². The van der Waals surface area contributed by atoms with E-state index in [2.05, 4.69) is 15.5 Å². The lowest BCUT2D eigenvalue weighted by molar-refractivity contribution is -0.115. The SMILES string of the molecule is CC(Sc1nncs1)C(=O)Nc1ccc(Cl)cc1F. The minimum absolute atomic E-state index is 0.110. The third-order valence-corrected chi connectivity index (χ3v) is 4.32. The number of amides is 1. The van der Waals surface area contributed by atoms with Gasteiger partial charge in [-0.05, 0) is 25.1 Å². The van der Waals surface area contributed by atoms with E-state index in [9.17, 15) is 9.18 Å². The van der Waals surface area contributed by atoms with Crippen molar-refractivity contribution in [1.82, 2.24) is 10.2 Å². The summed E-state index contributed by atoms with van der Waals surface area (Å²) in [4.78, 5) is 11.9. The van der Waals surface area contributed by atoms with Crippen molar-refractivity contribution in [2.45, 2.75) is 16.5 Å². The van der Waals surface area contributed by atoms with Gasteiger partial charge in [0.2, 0.25) is 5.91 Å². The van der Waals surface area contributed by atoms with E-state index < -0.39 is 11.1 Å². The van der Waals surface area contributed by atoms with Crippen molar-refractivity contribution in [2.75, 3.05) is 5.32 Å². The zero-order valence-electron chi connectivity index (χ0n) is 9.76. The van der Waals surface area contributed by atoms with Gasteiger partial charge in [-0.25, -0.2) is 4.39 Å². The first-order valence-electron chi connectivity index (χ1n) is 5.25. The molecule has 0 saturated carbocycles. The largest absolute Gasteiger partial charge is 0.323 e. The van der Waals surface area contributed by atoms with Crippen molar-refractivity contribution in [3.63, 3.8) is 0 Å². The number of aromatic nitrogens is 2. The van der Waals surface area contributed by atoms with Crippen LogP contribution in [-0.2, 0) is 4.79 Å². The Balaban J connectivity index is 2.00. The van der Waals surface area contributed by atoms with Gasteiger partial charge in [0, 0.05) is 5.02 Å². The average Bonchev–Trinajstić information content (AvgIpc) is 2.85. The fourth-order valence-corrected chi connectivity index (χ4v) is 3.03. The van der Waals surface area contributed by atoms with Crippen molar-refractivity contribution < 1.29 is 9.18 Å². The Morgan fingerprint density at radius 1 is 1.58 bits per heavy atom. The highest BCUT2D eigenvalue weighted by molar-refractivity contribution is 8.02. The van der Waals surface area contributed by atoms with Crippen molar-refractivity contribution >= 4 is 46.3 Å². The predicted molar refractivity (Wildman–Crippen MR) is 75.3 cm³/mol. The standard InChI is InChI=1S/C11H9ClFN3OS2/c1-6(19-11-16-14-5-18-11)10(17)15-9-3-2-7(12)4-8(9)13/h2-6H,1H3,(H,15,17). The van der Waals surface area contributed by atoms with Gasteiger partial charge in [0.15, 0.2) is 4.34 Å². The predicted octanol–water partition coefficient (Wildman–Crippen LogP) is 3.45. The summed E-state index contributed by atoms with van der Waals surface area (Å²) in [6, 6.07) is 4.10. The number of carbonyl (C=O) groups is 1. The minimum Gasteiger partial charge on any atom is -0.323 e. The Labute approximate surface area is 122 Å². The first-order valence-corrected chi connectivity index (χ1v) is 7.38. The molecule has 4 nitrogen and oxygen atoms in total. The topological polar surface area (TPSA) is 54.9 Å². The Morgan fingerprint density at radius 2 is 2.37 bits per heavy atom. The van der Waals surface area contributed by atoms with Gasteiger partial charge in [-0.2, -0.15) is 0 Å². The molecule has 0 radical (unpaired) electrons. The average molecular weight is 318 g/mol. The number of nitrogens with zero attached hydrogens (tertiary/aromatic N) is 2. The van der Waals surface area contributed by atoms with Crippen LogP contribution >= 0.6 is 34.7 Å². The molecule has 100 valence electrons. The van der Waals surface area contributed by atoms with E-state index in [1.54, 1.807) is 12.4 Å². The van der Waals surface area contributed by atoms with Crippen LogP contribution in [0.5, 0.6) is 0 Å². The molecule has 1 atom stereocenters. The second kappa shape index (κ2) is 6.31. The van der Waals surface area contributed by atoms with Crippen LogP contribution in [0.3, 0.4) is 0 Å². The van der Waals surface area contributed by atoms with Crippen LogP contribution in [0.4, 0.5) is 10.1 Å². The number of hydrogen-bond donors (Lipinski definition) is 1. The summed E-state index contributed by atoms with van der Waals surface area (Å²) >= 11 is 8.26. The summed E-state index contributed by atoms with van der Waals surface area (Å²) in [5.74, 6) is -0.865. The summed E-state index contributed by atoms with van der Waals surface area (Å²) in [6.07, 6.45) is 0. The normalized spacial score (nSPS) is 12.2. The summed E-state index contributed by atoms with van der Waals surface area (Å²) < 4.78 is 14.2. The Kier molecular flexibility index (Phi) is 4.73. The molecule has 0 fully saturated rings. The van der Waals surface area contributed by atoms with Crippen molar-refractivity contribution in [2.24, 2.45) is 0 Å². The van der Waals surface area contributed by atoms with Gasteiger partial charge >= 0.3 is 0 Å². The molecule has 0 aliphatic carbocycles. The molecule has 0 aliphatic rings. The second-order valence-electron chi connectivity index (χ2n) is 3.58. The van der Waals surface area contributed by atoms with Gasteiger partial charge in [0.05, 0.1) is 10.9 Å². The monoisotopic (exact) mass is 317 g/mol. The summed E-state index contributed by atoms with van der Waals surface area (Å²) in [5.41, 5.74) is 1.70. The molecular weight excluding hydrogens is 309 g/mol.